The molecule has 16 heteroatoms. The fourth-order valence-electron chi connectivity index (χ4n) is 4.20. The van der Waals surface area contributed by atoms with Crippen molar-refractivity contribution in [3.8, 4) is 0 Å². The smallest absolute Gasteiger partial charge is 0.328 e. The quantitative estimate of drug-likeness (QED) is 0.0752. The standard InChI is InChI=1S/C29H31N7O8S/c30-27(31)18-7-5-17(6-8-18)23-13-22(44-36-23)14-26(37)32-16-24(29(39)40)34-28(38)19-9-11-21(12-10-19)35-33-15-20-3-1-2-4-25(20)45(41,42)43/h1-12,15,22,24,35,41-43H,13-14,16H2,(H3,30,31)(H,32,37)(H,34,38)(H,39,40)/b33-15+/t22?,24-/m0/s1. The number of amides is 2. The first kappa shape index (κ1) is 32.6. The summed E-state index contributed by atoms with van der Waals surface area (Å²) < 4.78 is 28.6. The van der Waals surface area contributed by atoms with Crippen LogP contribution in [0.3, 0.4) is 0 Å². The Hall–Kier alpha value is -5.29. The predicted molar refractivity (Wildman–Crippen MR) is 168 cm³/mol. The Morgan fingerprint density at radius 2 is 1.71 bits per heavy atom. The van der Waals surface area contributed by atoms with Crippen molar-refractivity contribution in [1.82, 2.24) is 10.6 Å². The molecule has 0 bridgehead atoms. The Bertz CT molecular complexity index is 1620. The highest BCUT2D eigenvalue weighted by molar-refractivity contribution is 8.19. The number of oxime groups is 1. The van der Waals surface area contributed by atoms with E-state index in [-0.39, 0.29) is 34.8 Å². The van der Waals surface area contributed by atoms with E-state index in [1.54, 1.807) is 30.3 Å². The highest BCUT2D eigenvalue weighted by Gasteiger charge is 2.27. The third-order valence-corrected chi connectivity index (χ3v) is 7.50. The lowest BCUT2D eigenvalue weighted by atomic mass is 10.0. The van der Waals surface area contributed by atoms with Crippen LogP contribution < -0.4 is 21.8 Å². The molecular formula is C29H31N7O8S. The highest BCUT2D eigenvalue weighted by Crippen LogP contribution is 2.44. The maximum atomic E-state index is 12.7. The van der Waals surface area contributed by atoms with Gasteiger partial charge in [0.15, 0.2) is 0 Å². The van der Waals surface area contributed by atoms with Gasteiger partial charge in [0.25, 0.3) is 5.91 Å². The number of aliphatic carboxylic acids is 1. The van der Waals surface area contributed by atoms with E-state index < -0.39 is 40.8 Å². The summed E-state index contributed by atoms with van der Waals surface area (Å²) >= 11 is 0. The molecule has 0 spiro atoms. The Labute approximate surface area is 258 Å². The zero-order valence-electron chi connectivity index (χ0n) is 23.6. The Morgan fingerprint density at radius 1 is 1.04 bits per heavy atom. The average molecular weight is 638 g/mol. The largest absolute Gasteiger partial charge is 0.480 e. The van der Waals surface area contributed by atoms with Crippen molar-refractivity contribution < 1.29 is 38.0 Å². The van der Waals surface area contributed by atoms with Crippen molar-refractivity contribution in [1.29, 1.82) is 5.41 Å². The van der Waals surface area contributed by atoms with Gasteiger partial charge in [0.1, 0.15) is 28.9 Å². The molecule has 1 aliphatic heterocycles. The minimum absolute atomic E-state index is 0.0571. The van der Waals surface area contributed by atoms with Crippen LogP contribution in [0.25, 0.3) is 0 Å². The number of carbonyl (C=O) groups excluding carboxylic acids is 2. The zero-order valence-corrected chi connectivity index (χ0v) is 24.4. The van der Waals surface area contributed by atoms with Gasteiger partial charge in [-0.05, 0) is 35.9 Å². The Morgan fingerprint density at radius 3 is 2.36 bits per heavy atom. The van der Waals surface area contributed by atoms with Crippen LogP contribution in [0.2, 0.25) is 0 Å². The first-order valence-electron chi connectivity index (χ1n) is 13.4. The molecule has 0 saturated carbocycles. The third kappa shape index (κ3) is 9.10. The number of hydrazone groups is 1. The molecule has 0 fully saturated rings. The molecule has 3 aromatic rings. The third-order valence-electron chi connectivity index (χ3n) is 6.54. The lowest BCUT2D eigenvalue weighted by Crippen LogP contribution is -2.48. The van der Waals surface area contributed by atoms with E-state index in [1.165, 1.54) is 48.7 Å². The first-order valence-corrected chi connectivity index (χ1v) is 14.9. The molecule has 2 atom stereocenters. The molecule has 3 aromatic carbocycles. The van der Waals surface area contributed by atoms with Gasteiger partial charge in [-0.25, -0.2) is 4.79 Å². The second-order valence-electron chi connectivity index (χ2n) is 9.84. The normalized spacial score (nSPS) is 15.4. The van der Waals surface area contributed by atoms with Gasteiger partial charge < -0.3 is 40.0 Å². The number of rotatable bonds is 13. The molecule has 1 aliphatic rings. The number of hydrogen-bond donors (Lipinski definition) is 9. The molecule has 45 heavy (non-hydrogen) atoms. The number of nitrogen functional groups attached to an aromatic ring is 1. The van der Waals surface area contributed by atoms with E-state index in [2.05, 4.69) is 26.3 Å². The number of benzene rings is 3. The van der Waals surface area contributed by atoms with E-state index in [0.717, 1.165) is 5.56 Å². The summed E-state index contributed by atoms with van der Waals surface area (Å²) in [4.78, 5) is 42.2. The van der Waals surface area contributed by atoms with Crippen molar-refractivity contribution in [2.45, 2.75) is 29.9 Å². The zero-order chi connectivity index (χ0) is 32.6. The van der Waals surface area contributed by atoms with Gasteiger partial charge in [0, 0.05) is 29.7 Å². The van der Waals surface area contributed by atoms with Crippen LogP contribution in [0, 0.1) is 5.41 Å². The topological polar surface area (TPSA) is 252 Å². The molecule has 2 amide bonds. The van der Waals surface area contributed by atoms with E-state index >= 15 is 0 Å². The van der Waals surface area contributed by atoms with Crippen LogP contribution in [-0.4, -0.2) is 73.0 Å². The summed E-state index contributed by atoms with van der Waals surface area (Å²) in [5.41, 5.74) is 11.0. The molecule has 0 aliphatic carbocycles. The van der Waals surface area contributed by atoms with Crippen molar-refractivity contribution in [3.63, 3.8) is 0 Å². The molecule has 1 unspecified atom stereocenters. The van der Waals surface area contributed by atoms with Gasteiger partial charge in [0.05, 0.1) is 28.9 Å². The lowest BCUT2D eigenvalue weighted by Gasteiger charge is -2.20. The van der Waals surface area contributed by atoms with Crippen molar-refractivity contribution in [2.75, 3.05) is 12.0 Å². The minimum atomic E-state index is -3.94. The van der Waals surface area contributed by atoms with Crippen LogP contribution in [-0.2, 0) is 14.4 Å². The van der Waals surface area contributed by atoms with Crippen LogP contribution in [0.5, 0.6) is 0 Å². The summed E-state index contributed by atoms with van der Waals surface area (Å²) in [6.45, 7) is -0.360. The summed E-state index contributed by atoms with van der Waals surface area (Å²) in [6.07, 6.45) is 1.01. The molecule has 0 radical (unpaired) electrons. The van der Waals surface area contributed by atoms with Crippen molar-refractivity contribution >= 4 is 52.1 Å². The number of carboxylic acid groups (broad SMARTS) is 1. The molecule has 0 saturated heterocycles. The fourth-order valence-corrected chi connectivity index (χ4v) is 4.89. The molecule has 15 nitrogen and oxygen atoms in total. The van der Waals surface area contributed by atoms with Gasteiger partial charge in [0.2, 0.25) is 5.91 Å². The van der Waals surface area contributed by atoms with Crippen LogP contribution >= 0.6 is 10.9 Å². The van der Waals surface area contributed by atoms with Gasteiger partial charge >= 0.3 is 5.97 Å². The molecule has 0 aromatic heterocycles. The molecular weight excluding hydrogens is 606 g/mol. The molecule has 1 heterocycles. The maximum absolute atomic E-state index is 12.7. The summed E-state index contributed by atoms with van der Waals surface area (Å²) in [7, 11) is -3.94. The SMILES string of the molecule is N=C(N)c1ccc(C2=NOC(CC(=O)NC[C@H](NC(=O)c3ccc(N/N=C/c4ccccc4S(O)(O)O)cc3)C(=O)O)C2)cc1. The van der Waals surface area contributed by atoms with E-state index in [4.69, 9.17) is 16.0 Å². The number of anilines is 1. The van der Waals surface area contributed by atoms with E-state index in [1.807, 2.05) is 0 Å². The maximum Gasteiger partial charge on any atom is 0.328 e. The number of amidine groups is 1. The van der Waals surface area contributed by atoms with Crippen LogP contribution in [0.1, 0.15) is 39.9 Å². The highest BCUT2D eigenvalue weighted by atomic mass is 32.3. The fraction of sp³-hybridized carbons (Fsp3) is 0.172. The number of carbonyl (C=O) groups is 3. The Kier molecular flexibility index (Phi) is 10.5. The van der Waals surface area contributed by atoms with Crippen LogP contribution in [0.4, 0.5) is 5.69 Å². The number of nitrogens with two attached hydrogens (primary N) is 1. The number of carboxylic acids is 1. The van der Waals surface area contributed by atoms with Crippen LogP contribution in [0.15, 0.2) is 87.9 Å². The second-order valence-corrected chi connectivity index (χ2v) is 11.3. The molecule has 10 N–H and O–H groups in total. The number of nitrogens with one attached hydrogen (secondary N) is 4. The minimum Gasteiger partial charge on any atom is -0.480 e. The lowest BCUT2D eigenvalue weighted by molar-refractivity contribution is -0.139. The summed E-state index contributed by atoms with van der Waals surface area (Å²) in [6, 6.07) is 17.4. The van der Waals surface area contributed by atoms with Gasteiger partial charge in [-0.2, -0.15) is 5.10 Å². The average Bonchev–Trinajstić information content (AvgIpc) is 3.47. The molecule has 4 rings (SSSR count). The number of nitrogens with zero attached hydrogens (tertiary/aromatic N) is 2. The van der Waals surface area contributed by atoms with Gasteiger partial charge in [-0.3, -0.25) is 20.4 Å². The summed E-state index contributed by atoms with van der Waals surface area (Å²) in [5.74, 6) is -2.56. The Balaban J connectivity index is 1.24. The first-order chi connectivity index (χ1) is 21.4. The summed E-state index contributed by atoms with van der Waals surface area (Å²) in [5, 5.41) is 30.0. The second kappa shape index (κ2) is 14.5. The van der Waals surface area contributed by atoms with Gasteiger partial charge in [-0.1, -0.05) is 47.6 Å². The van der Waals surface area contributed by atoms with Gasteiger partial charge in [-0.15, -0.1) is 0 Å². The van der Waals surface area contributed by atoms with E-state index in [9.17, 15) is 33.1 Å². The van der Waals surface area contributed by atoms with Crippen molar-refractivity contribution in [3.05, 3.63) is 95.1 Å². The monoisotopic (exact) mass is 637 g/mol. The number of hydrogen-bond acceptors (Lipinski definition) is 11. The van der Waals surface area contributed by atoms with Crippen molar-refractivity contribution in [2.24, 2.45) is 16.0 Å². The van der Waals surface area contributed by atoms with E-state index in [0.29, 0.717) is 23.4 Å². The predicted octanol–water partition coefficient (Wildman–Crippen LogP) is 2.88. The molecule has 236 valence electrons.